The first-order valence-electron chi connectivity index (χ1n) is 6.59. The van der Waals surface area contributed by atoms with Gasteiger partial charge >= 0.3 is 0 Å². The van der Waals surface area contributed by atoms with Crippen LogP contribution in [0.4, 0.5) is 0 Å². The average Bonchev–Trinajstić information content (AvgIpc) is 2.83. The van der Waals surface area contributed by atoms with E-state index in [0.717, 1.165) is 13.0 Å². The van der Waals surface area contributed by atoms with Crippen molar-refractivity contribution in [2.45, 2.75) is 77.0 Å². The standard InChI is InChI=1S/C13H28O3Si/c1-10(7-11(14)8-12-9-15-12)16-17(5,6)13(2,3)4/h10-12,14H,7-9H2,1-6H3/t10-,11-,12-/m1/s1. The van der Waals surface area contributed by atoms with Gasteiger partial charge in [-0.3, -0.25) is 0 Å². The van der Waals surface area contributed by atoms with E-state index < -0.39 is 8.32 Å². The van der Waals surface area contributed by atoms with E-state index in [1.165, 1.54) is 0 Å². The van der Waals surface area contributed by atoms with Gasteiger partial charge in [-0.05, 0) is 31.5 Å². The molecule has 0 amide bonds. The summed E-state index contributed by atoms with van der Waals surface area (Å²) in [6.45, 7) is 14.1. The number of aliphatic hydroxyl groups excluding tert-OH is 1. The number of rotatable bonds is 6. The summed E-state index contributed by atoms with van der Waals surface area (Å²) in [6, 6.07) is 0. The van der Waals surface area contributed by atoms with E-state index >= 15 is 0 Å². The van der Waals surface area contributed by atoms with E-state index in [-0.39, 0.29) is 17.2 Å². The number of ether oxygens (including phenoxy) is 1. The Morgan fingerprint density at radius 2 is 1.94 bits per heavy atom. The van der Waals surface area contributed by atoms with Crippen LogP contribution < -0.4 is 0 Å². The second-order valence-electron chi connectivity index (χ2n) is 6.77. The van der Waals surface area contributed by atoms with Crippen LogP contribution in [0.2, 0.25) is 18.1 Å². The van der Waals surface area contributed by atoms with Crippen molar-refractivity contribution in [1.29, 1.82) is 0 Å². The lowest BCUT2D eigenvalue weighted by atomic mass is 10.1. The topological polar surface area (TPSA) is 42.0 Å². The summed E-state index contributed by atoms with van der Waals surface area (Å²) in [4.78, 5) is 0. The Bertz CT molecular complexity index is 244. The summed E-state index contributed by atoms with van der Waals surface area (Å²) in [5.74, 6) is 0. The van der Waals surface area contributed by atoms with Crippen molar-refractivity contribution in [3.05, 3.63) is 0 Å². The molecule has 1 saturated heterocycles. The van der Waals surface area contributed by atoms with E-state index in [1.54, 1.807) is 0 Å². The predicted octanol–water partition coefficient (Wildman–Crippen LogP) is 2.94. The van der Waals surface area contributed by atoms with Gasteiger partial charge < -0.3 is 14.3 Å². The highest BCUT2D eigenvalue weighted by molar-refractivity contribution is 6.74. The number of aliphatic hydroxyl groups is 1. The maximum absolute atomic E-state index is 9.89. The Hall–Kier alpha value is 0.0969. The maximum Gasteiger partial charge on any atom is 0.192 e. The summed E-state index contributed by atoms with van der Waals surface area (Å²) in [6.07, 6.45) is 1.61. The molecule has 1 heterocycles. The van der Waals surface area contributed by atoms with Crippen molar-refractivity contribution in [2.24, 2.45) is 0 Å². The number of epoxide rings is 1. The zero-order valence-electron chi connectivity index (χ0n) is 12.1. The van der Waals surface area contributed by atoms with Gasteiger partial charge in [0.25, 0.3) is 0 Å². The molecule has 0 spiro atoms. The van der Waals surface area contributed by atoms with Crippen molar-refractivity contribution in [3.8, 4) is 0 Å². The highest BCUT2D eigenvalue weighted by Crippen LogP contribution is 2.37. The van der Waals surface area contributed by atoms with Crippen molar-refractivity contribution in [2.75, 3.05) is 6.61 Å². The molecule has 3 atom stereocenters. The van der Waals surface area contributed by atoms with Crippen LogP contribution in [0, 0.1) is 0 Å². The Morgan fingerprint density at radius 1 is 1.41 bits per heavy atom. The molecule has 0 aromatic carbocycles. The van der Waals surface area contributed by atoms with Gasteiger partial charge in [-0.2, -0.15) is 0 Å². The van der Waals surface area contributed by atoms with Crippen molar-refractivity contribution in [3.63, 3.8) is 0 Å². The molecule has 1 fully saturated rings. The first-order valence-corrected chi connectivity index (χ1v) is 9.50. The smallest absolute Gasteiger partial charge is 0.192 e. The average molecular weight is 260 g/mol. The van der Waals surface area contributed by atoms with Gasteiger partial charge in [0.05, 0.1) is 18.8 Å². The minimum Gasteiger partial charge on any atom is -0.414 e. The third kappa shape index (κ3) is 5.08. The molecule has 3 nitrogen and oxygen atoms in total. The molecule has 1 rings (SSSR count). The monoisotopic (exact) mass is 260 g/mol. The molecular formula is C13H28O3Si. The molecule has 0 radical (unpaired) electrons. The van der Waals surface area contributed by atoms with E-state index in [0.29, 0.717) is 12.5 Å². The summed E-state index contributed by atoms with van der Waals surface area (Å²) in [5.41, 5.74) is 0. The van der Waals surface area contributed by atoms with Gasteiger partial charge in [0.2, 0.25) is 0 Å². The molecule has 0 unspecified atom stereocenters. The first kappa shape index (κ1) is 15.2. The molecule has 1 aliphatic heterocycles. The molecule has 0 aromatic heterocycles. The highest BCUT2D eigenvalue weighted by atomic mass is 28.4. The summed E-state index contributed by atoms with van der Waals surface area (Å²) >= 11 is 0. The molecule has 1 N–H and O–H groups in total. The molecule has 1 aliphatic rings. The van der Waals surface area contributed by atoms with Gasteiger partial charge in [0.15, 0.2) is 8.32 Å². The molecule has 0 saturated carbocycles. The molecular weight excluding hydrogens is 232 g/mol. The fraction of sp³-hybridized carbons (Fsp3) is 1.00. The lowest BCUT2D eigenvalue weighted by Gasteiger charge is -2.38. The van der Waals surface area contributed by atoms with Crippen molar-refractivity contribution in [1.82, 2.24) is 0 Å². The Kier molecular flexibility index (Phi) is 4.80. The van der Waals surface area contributed by atoms with Gasteiger partial charge in [-0.1, -0.05) is 20.8 Å². The Balaban J connectivity index is 2.34. The van der Waals surface area contributed by atoms with Gasteiger partial charge in [0.1, 0.15) is 0 Å². The van der Waals surface area contributed by atoms with E-state index in [2.05, 4.69) is 40.8 Å². The summed E-state index contributed by atoms with van der Waals surface area (Å²) < 4.78 is 11.3. The lowest BCUT2D eigenvalue weighted by molar-refractivity contribution is 0.0843. The lowest BCUT2D eigenvalue weighted by Crippen LogP contribution is -2.44. The van der Waals surface area contributed by atoms with Crippen LogP contribution in [0.5, 0.6) is 0 Å². The second kappa shape index (κ2) is 5.39. The normalized spacial score (nSPS) is 24.5. The minimum atomic E-state index is -1.70. The maximum atomic E-state index is 9.89. The fourth-order valence-electron chi connectivity index (χ4n) is 1.71. The summed E-state index contributed by atoms with van der Waals surface area (Å²) in [7, 11) is -1.70. The third-order valence-electron chi connectivity index (χ3n) is 3.84. The third-order valence-corrected chi connectivity index (χ3v) is 8.45. The van der Waals surface area contributed by atoms with E-state index in [4.69, 9.17) is 9.16 Å². The molecule has 0 aromatic rings. The Labute approximate surface area is 107 Å². The van der Waals surface area contributed by atoms with Crippen LogP contribution in [-0.2, 0) is 9.16 Å². The SMILES string of the molecule is C[C@H](C[C@@H](O)C[C@@H]1CO1)O[Si](C)(C)C(C)(C)C. The number of hydrogen-bond acceptors (Lipinski definition) is 3. The Morgan fingerprint density at radius 3 is 2.35 bits per heavy atom. The van der Waals surface area contributed by atoms with Crippen LogP contribution in [0.3, 0.4) is 0 Å². The van der Waals surface area contributed by atoms with Crippen LogP contribution >= 0.6 is 0 Å². The second-order valence-corrected chi connectivity index (χ2v) is 11.5. The van der Waals surface area contributed by atoms with Crippen molar-refractivity contribution < 1.29 is 14.3 Å². The van der Waals surface area contributed by atoms with E-state index in [1.807, 2.05) is 0 Å². The molecule has 0 aliphatic carbocycles. The molecule has 102 valence electrons. The van der Waals surface area contributed by atoms with Crippen molar-refractivity contribution >= 4 is 8.32 Å². The van der Waals surface area contributed by atoms with E-state index in [9.17, 15) is 5.11 Å². The highest BCUT2D eigenvalue weighted by Gasteiger charge is 2.38. The predicted molar refractivity (Wildman–Crippen MR) is 72.7 cm³/mol. The fourth-order valence-corrected chi connectivity index (χ4v) is 3.17. The van der Waals surface area contributed by atoms with Gasteiger partial charge in [-0.15, -0.1) is 0 Å². The first-order chi connectivity index (χ1) is 7.62. The van der Waals surface area contributed by atoms with Crippen LogP contribution in [0.1, 0.15) is 40.5 Å². The van der Waals surface area contributed by atoms with Crippen LogP contribution in [0.15, 0.2) is 0 Å². The minimum absolute atomic E-state index is 0.129. The summed E-state index contributed by atoms with van der Waals surface area (Å²) in [5, 5.41) is 10.1. The van der Waals surface area contributed by atoms with Gasteiger partial charge in [-0.25, -0.2) is 0 Å². The molecule has 17 heavy (non-hydrogen) atoms. The molecule has 4 heteroatoms. The quantitative estimate of drug-likeness (QED) is 0.590. The van der Waals surface area contributed by atoms with Crippen LogP contribution in [-0.4, -0.2) is 38.3 Å². The zero-order valence-corrected chi connectivity index (χ0v) is 13.1. The largest absolute Gasteiger partial charge is 0.414 e. The zero-order chi connectivity index (χ0) is 13.3. The number of hydrogen-bond donors (Lipinski definition) is 1. The van der Waals surface area contributed by atoms with Gasteiger partial charge in [0, 0.05) is 12.5 Å². The molecule has 0 bridgehead atoms. The van der Waals surface area contributed by atoms with Crippen LogP contribution in [0.25, 0.3) is 0 Å².